The van der Waals surface area contributed by atoms with Gasteiger partial charge in [0.2, 0.25) is 0 Å². The highest BCUT2D eigenvalue weighted by Crippen LogP contribution is 2.56. The largest absolute Gasteiger partial charge is 0.310 e. The monoisotopic (exact) mass is 625 g/mol. The molecule has 0 aromatic heterocycles. The summed E-state index contributed by atoms with van der Waals surface area (Å²) in [7, 11) is 0. The minimum atomic E-state index is -0.280. The Labute approximate surface area is 288 Å². The molecule has 1 unspecified atom stereocenters. The second-order valence-corrected chi connectivity index (χ2v) is 13.1. The van der Waals surface area contributed by atoms with E-state index in [1.165, 1.54) is 66.5 Å². The number of hydrogen-bond acceptors (Lipinski definition) is 1. The molecular weight excluding hydrogens is 591 g/mol. The third-order valence-electron chi connectivity index (χ3n) is 10.3. The number of hydrogen-bond donors (Lipinski definition) is 0. The molecule has 49 heavy (non-hydrogen) atoms. The average Bonchev–Trinajstić information content (AvgIpc) is 3.45. The molecule has 0 radical (unpaired) electrons. The zero-order valence-corrected chi connectivity index (χ0v) is 27.4. The number of nitrogens with zero attached hydrogens (tertiary/aromatic N) is 1. The highest BCUT2D eigenvalue weighted by atomic mass is 15.1. The Kier molecular flexibility index (Phi) is 6.99. The molecule has 0 saturated carbocycles. The molecule has 0 N–H and O–H groups in total. The lowest BCUT2D eigenvalue weighted by Gasteiger charge is -2.31. The first-order valence-corrected chi connectivity index (χ1v) is 17.0. The van der Waals surface area contributed by atoms with E-state index in [4.69, 9.17) is 0 Å². The van der Waals surface area contributed by atoms with Crippen molar-refractivity contribution in [2.45, 2.75) is 12.3 Å². The molecule has 1 heteroatoms. The van der Waals surface area contributed by atoms with E-state index in [0.717, 1.165) is 11.4 Å². The number of benzene rings is 8. The van der Waals surface area contributed by atoms with Crippen LogP contribution in [-0.2, 0) is 5.41 Å². The van der Waals surface area contributed by atoms with Gasteiger partial charge in [-0.3, -0.25) is 0 Å². The van der Waals surface area contributed by atoms with Gasteiger partial charge in [-0.15, -0.1) is 0 Å². The summed E-state index contributed by atoms with van der Waals surface area (Å²) < 4.78 is 0. The van der Waals surface area contributed by atoms with E-state index in [1.807, 2.05) is 0 Å². The number of rotatable bonds is 6. The van der Waals surface area contributed by atoms with Gasteiger partial charge in [-0.25, -0.2) is 0 Å². The lowest BCUT2D eigenvalue weighted by Crippen LogP contribution is -2.22. The lowest BCUT2D eigenvalue weighted by atomic mass is 9.74. The molecule has 0 heterocycles. The first-order valence-electron chi connectivity index (χ1n) is 17.0. The fraction of sp³-hybridized carbons (Fsp3) is 0.0417. The fourth-order valence-electron chi connectivity index (χ4n) is 7.87. The second-order valence-electron chi connectivity index (χ2n) is 13.1. The molecule has 1 aliphatic carbocycles. The van der Waals surface area contributed by atoms with Gasteiger partial charge in [0.05, 0.1) is 5.69 Å². The van der Waals surface area contributed by atoms with E-state index in [0.29, 0.717) is 0 Å². The van der Waals surface area contributed by atoms with E-state index in [2.05, 4.69) is 206 Å². The molecule has 232 valence electrons. The van der Waals surface area contributed by atoms with Crippen molar-refractivity contribution in [1.29, 1.82) is 0 Å². The van der Waals surface area contributed by atoms with Crippen LogP contribution in [0.3, 0.4) is 0 Å². The molecular formula is C48H35N. The molecule has 0 spiro atoms. The molecule has 8 aromatic rings. The van der Waals surface area contributed by atoms with Gasteiger partial charge < -0.3 is 4.90 Å². The van der Waals surface area contributed by atoms with Crippen molar-refractivity contribution in [3.8, 4) is 33.4 Å². The Balaban J connectivity index is 1.27. The van der Waals surface area contributed by atoms with Gasteiger partial charge in [-0.05, 0) is 98.6 Å². The molecule has 0 bridgehead atoms. The summed E-state index contributed by atoms with van der Waals surface area (Å²) in [6, 6.07) is 70.8. The van der Waals surface area contributed by atoms with Crippen LogP contribution in [0.5, 0.6) is 0 Å². The van der Waals surface area contributed by atoms with Gasteiger partial charge in [0.1, 0.15) is 0 Å². The van der Waals surface area contributed by atoms with Gasteiger partial charge in [-0.2, -0.15) is 0 Å². The summed E-state index contributed by atoms with van der Waals surface area (Å²) >= 11 is 0. The highest BCUT2D eigenvalue weighted by molar-refractivity contribution is 5.98. The van der Waals surface area contributed by atoms with Gasteiger partial charge in [0.25, 0.3) is 0 Å². The molecule has 8 aromatic carbocycles. The molecule has 0 fully saturated rings. The summed E-state index contributed by atoms with van der Waals surface area (Å²) in [5.41, 5.74) is 14.5. The van der Waals surface area contributed by atoms with Crippen LogP contribution in [0, 0.1) is 0 Å². The van der Waals surface area contributed by atoms with E-state index >= 15 is 0 Å². The van der Waals surface area contributed by atoms with Crippen molar-refractivity contribution in [3.63, 3.8) is 0 Å². The predicted molar refractivity (Wildman–Crippen MR) is 207 cm³/mol. The normalized spacial score (nSPS) is 14.7. The van der Waals surface area contributed by atoms with Crippen LogP contribution in [0.2, 0.25) is 0 Å². The summed E-state index contributed by atoms with van der Waals surface area (Å²) in [4.78, 5) is 2.46. The van der Waals surface area contributed by atoms with E-state index in [1.54, 1.807) is 0 Å². The highest BCUT2D eigenvalue weighted by Gasteiger charge is 2.42. The van der Waals surface area contributed by atoms with Crippen molar-refractivity contribution in [2.75, 3.05) is 4.90 Å². The maximum absolute atomic E-state index is 2.46. The van der Waals surface area contributed by atoms with Crippen molar-refractivity contribution >= 4 is 27.8 Å². The van der Waals surface area contributed by atoms with Crippen molar-refractivity contribution in [1.82, 2.24) is 0 Å². The molecule has 1 aliphatic rings. The predicted octanol–water partition coefficient (Wildman–Crippen LogP) is 13.0. The van der Waals surface area contributed by atoms with Crippen LogP contribution in [-0.4, -0.2) is 0 Å². The molecule has 0 aliphatic heterocycles. The molecule has 0 saturated heterocycles. The Morgan fingerprint density at radius 3 is 1.78 bits per heavy atom. The Bertz CT molecular complexity index is 2460. The minimum Gasteiger partial charge on any atom is -0.310 e. The Hall–Kier alpha value is -6.18. The van der Waals surface area contributed by atoms with Crippen molar-refractivity contribution < 1.29 is 0 Å². The SMILES string of the molecule is CC1(c2ccccc2)c2ccccc2-c2c(N(c3cccc(-c4cccc(-c5ccccc5)c4)c3)c3ccc4ccccc4c3)cccc21. The third kappa shape index (κ3) is 4.86. The van der Waals surface area contributed by atoms with Gasteiger partial charge >= 0.3 is 0 Å². The fourth-order valence-corrected chi connectivity index (χ4v) is 7.87. The van der Waals surface area contributed by atoms with E-state index in [-0.39, 0.29) is 5.41 Å². The number of fused-ring (bicyclic) bond motifs is 4. The third-order valence-corrected chi connectivity index (χ3v) is 10.3. The van der Waals surface area contributed by atoms with Gasteiger partial charge in [0.15, 0.2) is 0 Å². The summed E-state index contributed by atoms with van der Waals surface area (Å²) in [6.45, 7) is 2.39. The Morgan fingerprint density at radius 1 is 0.388 bits per heavy atom. The standard InChI is InChI=1S/C48H35N/c1-48(40-22-6-3-7-23-40)44-26-11-10-25-43(44)47-45(48)27-14-28-46(47)49(42-30-29-35-17-8-9-18-38(35)32-42)41-24-13-21-39(33-41)37-20-12-19-36(31-37)34-15-4-2-5-16-34/h2-33H,1H3. The first-order chi connectivity index (χ1) is 24.2. The van der Waals surface area contributed by atoms with E-state index < -0.39 is 0 Å². The maximum Gasteiger partial charge on any atom is 0.0543 e. The van der Waals surface area contributed by atoms with Crippen LogP contribution in [0.25, 0.3) is 44.2 Å². The molecule has 9 rings (SSSR count). The Morgan fingerprint density at radius 2 is 0.959 bits per heavy atom. The van der Waals surface area contributed by atoms with Crippen molar-refractivity contribution in [3.05, 3.63) is 211 Å². The minimum absolute atomic E-state index is 0.280. The molecule has 1 atom stereocenters. The summed E-state index contributed by atoms with van der Waals surface area (Å²) in [6.07, 6.45) is 0. The van der Waals surface area contributed by atoms with Crippen LogP contribution in [0.4, 0.5) is 17.1 Å². The smallest absolute Gasteiger partial charge is 0.0543 e. The van der Waals surface area contributed by atoms with Crippen LogP contribution < -0.4 is 4.90 Å². The van der Waals surface area contributed by atoms with Crippen LogP contribution in [0.15, 0.2) is 194 Å². The summed E-state index contributed by atoms with van der Waals surface area (Å²) in [5, 5.41) is 2.46. The van der Waals surface area contributed by atoms with Crippen LogP contribution in [0.1, 0.15) is 23.6 Å². The average molecular weight is 626 g/mol. The molecule has 1 nitrogen and oxygen atoms in total. The van der Waals surface area contributed by atoms with Crippen molar-refractivity contribution in [2.24, 2.45) is 0 Å². The second kappa shape index (κ2) is 11.8. The van der Waals surface area contributed by atoms with Gasteiger partial charge in [0, 0.05) is 22.4 Å². The maximum atomic E-state index is 2.46. The zero-order valence-electron chi connectivity index (χ0n) is 27.4. The molecule has 0 amide bonds. The van der Waals surface area contributed by atoms with Crippen LogP contribution >= 0.6 is 0 Å². The first kappa shape index (κ1) is 29.0. The topological polar surface area (TPSA) is 3.24 Å². The van der Waals surface area contributed by atoms with E-state index in [9.17, 15) is 0 Å². The lowest BCUT2D eigenvalue weighted by molar-refractivity contribution is 0.714. The quantitative estimate of drug-likeness (QED) is 0.178. The van der Waals surface area contributed by atoms with Gasteiger partial charge in [-0.1, -0.05) is 158 Å². The zero-order chi connectivity index (χ0) is 32.8. The number of anilines is 3. The summed E-state index contributed by atoms with van der Waals surface area (Å²) in [5.74, 6) is 0.